The summed E-state index contributed by atoms with van der Waals surface area (Å²) in [6.45, 7) is 0. The van der Waals surface area contributed by atoms with E-state index in [0.717, 1.165) is 11.1 Å². The first-order valence-electron chi connectivity index (χ1n) is 4.10. The van der Waals surface area contributed by atoms with E-state index in [9.17, 15) is 0 Å². The van der Waals surface area contributed by atoms with Crippen molar-refractivity contribution in [2.75, 3.05) is 0 Å². The summed E-state index contributed by atoms with van der Waals surface area (Å²) in [5.74, 6) is -0.0321. The molecule has 0 bridgehead atoms. The van der Waals surface area contributed by atoms with Crippen LogP contribution in [0.5, 0.6) is 0 Å². The van der Waals surface area contributed by atoms with Gasteiger partial charge < -0.3 is 10.2 Å². The van der Waals surface area contributed by atoms with Gasteiger partial charge in [0.2, 0.25) is 0 Å². The molecule has 14 heavy (non-hydrogen) atoms. The molecule has 0 aromatic carbocycles. The Morgan fingerprint density at radius 2 is 2.21 bits per heavy atom. The van der Waals surface area contributed by atoms with Crippen LogP contribution in [0.15, 0.2) is 41.3 Å². The smallest absolute Gasteiger partial charge is 0.141 e. The first-order chi connectivity index (χ1) is 6.77. The first-order valence-corrected chi connectivity index (χ1v) is 4.10. The van der Waals surface area contributed by atoms with E-state index in [-0.39, 0.29) is 5.84 Å². The molecule has 0 fully saturated rings. The molecule has 2 aromatic rings. The molecule has 0 saturated heterocycles. The number of aromatic nitrogens is 1. The number of amidine groups is 1. The number of rotatable bonds is 2. The Hall–Kier alpha value is -2.10. The molecule has 2 rings (SSSR count). The van der Waals surface area contributed by atoms with Crippen molar-refractivity contribution in [3.05, 3.63) is 42.6 Å². The van der Waals surface area contributed by atoms with E-state index in [4.69, 9.17) is 15.6 Å². The van der Waals surface area contributed by atoms with Gasteiger partial charge in [-0.25, -0.2) is 0 Å². The van der Waals surface area contributed by atoms with Gasteiger partial charge in [0, 0.05) is 11.8 Å². The number of pyridine rings is 1. The van der Waals surface area contributed by atoms with Gasteiger partial charge in [0.1, 0.15) is 11.5 Å². The number of hydrogen-bond acceptors (Lipinski definition) is 3. The second-order valence-electron chi connectivity index (χ2n) is 2.86. The van der Waals surface area contributed by atoms with Gasteiger partial charge in [0.15, 0.2) is 0 Å². The van der Waals surface area contributed by atoms with Crippen LogP contribution >= 0.6 is 0 Å². The largest absolute Gasteiger partial charge is 0.472 e. The standard InChI is InChI=1S/C10H9N3O/c11-10(12)9-5-7(1-3-13-9)8-2-4-14-6-8/h1-6H,(H3,11,12). The summed E-state index contributed by atoms with van der Waals surface area (Å²) in [7, 11) is 0. The van der Waals surface area contributed by atoms with E-state index in [1.807, 2.05) is 12.1 Å². The lowest BCUT2D eigenvalue weighted by Gasteiger charge is -1.99. The molecule has 0 radical (unpaired) electrons. The predicted molar refractivity (Wildman–Crippen MR) is 53.0 cm³/mol. The van der Waals surface area contributed by atoms with Crippen LogP contribution in [0.4, 0.5) is 0 Å². The van der Waals surface area contributed by atoms with Crippen molar-refractivity contribution in [3.8, 4) is 11.1 Å². The van der Waals surface area contributed by atoms with Gasteiger partial charge in [0.25, 0.3) is 0 Å². The maximum atomic E-state index is 7.25. The summed E-state index contributed by atoms with van der Waals surface area (Å²) in [6, 6.07) is 5.45. The van der Waals surface area contributed by atoms with Crippen LogP contribution in [0.1, 0.15) is 5.69 Å². The van der Waals surface area contributed by atoms with Crippen molar-refractivity contribution < 1.29 is 4.42 Å². The third-order valence-corrected chi connectivity index (χ3v) is 1.89. The second-order valence-corrected chi connectivity index (χ2v) is 2.86. The second kappa shape index (κ2) is 3.33. The van der Waals surface area contributed by atoms with E-state index in [0.29, 0.717) is 5.69 Å². The molecule has 4 nitrogen and oxygen atoms in total. The lowest BCUT2D eigenvalue weighted by molar-refractivity contribution is 0.568. The zero-order valence-electron chi connectivity index (χ0n) is 7.40. The van der Waals surface area contributed by atoms with Crippen LogP contribution in [0.25, 0.3) is 11.1 Å². The Morgan fingerprint density at radius 1 is 1.36 bits per heavy atom. The summed E-state index contributed by atoms with van der Waals surface area (Å²) >= 11 is 0. The van der Waals surface area contributed by atoms with Gasteiger partial charge in [-0.1, -0.05) is 0 Å². The lowest BCUT2D eigenvalue weighted by atomic mass is 10.1. The number of nitrogens with two attached hydrogens (primary N) is 1. The Kier molecular flexibility index (Phi) is 2.02. The van der Waals surface area contributed by atoms with Crippen molar-refractivity contribution in [2.24, 2.45) is 5.73 Å². The minimum Gasteiger partial charge on any atom is -0.472 e. The molecule has 70 valence electrons. The summed E-state index contributed by atoms with van der Waals surface area (Å²) in [4.78, 5) is 3.97. The summed E-state index contributed by atoms with van der Waals surface area (Å²) in [5.41, 5.74) is 7.71. The highest BCUT2D eigenvalue weighted by molar-refractivity contribution is 5.94. The highest BCUT2D eigenvalue weighted by Gasteiger charge is 2.02. The normalized spacial score (nSPS) is 10.0. The van der Waals surface area contributed by atoms with Crippen molar-refractivity contribution >= 4 is 5.84 Å². The molecule has 3 N–H and O–H groups in total. The molecule has 0 aliphatic rings. The fraction of sp³-hybridized carbons (Fsp3) is 0. The summed E-state index contributed by atoms with van der Waals surface area (Å²) in [5, 5.41) is 7.25. The molecule has 0 spiro atoms. The number of nitrogens with one attached hydrogen (secondary N) is 1. The molecule has 2 heterocycles. The van der Waals surface area contributed by atoms with E-state index >= 15 is 0 Å². The van der Waals surface area contributed by atoms with Gasteiger partial charge >= 0.3 is 0 Å². The van der Waals surface area contributed by atoms with Crippen LogP contribution in [-0.4, -0.2) is 10.8 Å². The maximum Gasteiger partial charge on any atom is 0.141 e. The van der Waals surface area contributed by atoms with Gasteiger partial charge in [-0.15, -0.1) is 0 Å². The minimum absolute atomic E-state index is 0.0321. The molecule has 4 heteroatoms. The summed E-state index contributed by atoms with van der Waals surface area (Å²) in [6.07, 6.45) is 4.86. The third kappa shape index (κ3) is 1.50. The van der Waals surface area contributed by atoms with Crippen molar-refractivity contribution in [1.29, 1.82) is 5.41 Å². The average molecular weight is 187 g/mol. The highest BCUT2D eigenvalue weighted by atomic mass is 16.3. The van der Waals surface area contributed by atoms with E-state index in [2.05, 4.69) is 4.98 Å². The Labute approximate surface area is 80.9 Å². The molecular weight excluding hydrogens is 178 g/mol. The van der Waals surface area contributed by atoms with Gasteiger partial charge in [0.05, 0.1) is 12.5 Å². The fourth-order valence-electron chi connectivity index (χ4n) is 1.19. The van der Waals surface area contributed by atoms with Crippen LogP contribution in [0.2, 0.25) is 0 Å². The number of nitrogens with zero attached hydrogens (tertiary/aromatic N) is 1. The van der Waals surface area contributed by atoms with Crippen molar-refractivity contribution in [1.82, 2.24) is 4.98 Å². The van der Waals surface area contributed by atoms with Gasteiger partial charge in [-0.2, -0.15) is 0 Å². The molecule has 0 amide bonds. The zero-order valence-corrected chi connectivity index (χ0v) is 7.40. The predicted octanol–water partition coefficient (Wildman–Crippen LogP) is 1.63. The van der Waals surface area contributed by atoms with Gasteiger partial charge in [-0.05, 0) is 23.8 Å². The monoisotopic (exact) mass is 187 g/mol. The fourth-order valence-corrected chi connectivity index (χ4v) is 1.19. The number of nitrogen functional groups attached to an aromatic ring is 1. The maximum absolute atomic E-state index is 7.25. The van der Waals surface area contributed by atoms with Crippen LogP contribution in [-0.2, 0) is 0 Å². The SMILES string of the molecule is N=C(N)c1cc(-c2ccoc2)ccn1. The Morgan fingerprint density at radius 3 is 2.86 bits per heavy atom. The Balaban J connectivity index is 2.46. The zero-order chi connectivity index (χ0) is 9.97. The van der Waals surface area contributed by atoms with Crippen LogP contribution in [0.3, 0.4) is 0 Å². The quantitative estimate of drug-likeness (QED) is 0.554. The number of furan rings is 1. The lowest BCUT2D eigenvalue weighted by Crippen LogP contribution is -2.12. The minimum atomic E-state index is -0.0321. The number of hydrogen-bond donors (Lipinski definition) is 2. The summed E-state index contributed by atoms with van der Waals surface area (Å²) < 4.78 is 4.96. The molecular formula is C10H9N3O. The van der Waals surface area contributed by atoms with Crippen molar-refractivity contribution in [2.45, 2.75) is 0 Å². The average Bonchev–Trinajstić information content (AvgIpc) is 2.71. The highest BCUT2D eigenvalue weighted by Crippen LogP contribution is 2.19. The topological polar surface area (TPSA) is 75.9 Å². The van der Waals surface area contributed by atoms with E-state index in [1.165, 1.54) is 0 Å². The molecule has 0 aliphatic carbocycles. The van der Waals surface area contributed by atoms with Crippen LogP contribution in [0, 0.1) is 5.41 Å². The first kappa shape index (κ1) is 8.50. The molecule has 2 aromatic heterocycles. The third-order valence-electron chi connectivity index (χ3n) is 1.89. The molecule has 0 saturated carbocycles. The molecule has 0 atom stereocenters. The Bertz CT molecular complexity index is 448. The van der Waals surface area contributed by atoms with Crippen LogP contribution < -0.4 is 5.73 Å². The molecule has 0 unspecified atom stereocenters. The van der Waals surface area contributed by atoms with Crippen molar-refractivity contribution in [3.63, 3.8) is 0 Å². The van der Waals surface area contributed by atoms with E-state index < -0.39 is 0 Å². The van der Waals surface area contributed by atoms with Gasteiger partial charge in [-0.3, -0.25) is 10.4 Å². The molecule has 0 aliphatic heterocycles. The van der Waals surface area contributed by atoms with E-state index in [1.54, 1.807) is 24.8 Å².